The fraction of sp³-hybridized carbons (Fsp3) is 0.857. The lowest BCUT2D eigenvalue weighted by Crippen LogP contribution is -2.36. The summed E-state index contributed by atoms with van der Waals surface area (Å²) in [6, 6.07) is 0.686. The molecule has 1 saturated carbocycles. The van der Waals surface area contributed by atoms with Gasteiger partial charge in [-0.2, -0.15) is 0 Å². The maximum Gasteiger partial charge on any atom is 0.0132 e. The highest BCUT2D eigenvalue weighted by atomic mass is 14.9. The van der Waals surface area contributed by atoms with Crippen LogP contribution in [0.2, 0.25) is 0 Å². The normalized spacial score (nSPS) is 20.9. The molecule has 0 heterocycles. The van der Waals surface area contributed by atoms with Crippen molar-refractivity contribution < 1.29 is 0 Å². The van der Waals surface area contributed by atoms with E-state index in [1.54, 1.807) is 0 Å². The van der Waals surface area contributed by atoms with Crippen LogP contribution >= 0.6 is 0 Å². The summed E-state index contributed by atoms with van der Waals surface area (Å²) < 4.78 is 0. The minimum atomic E-state index is 0.686. The Morgan fingerprint density at radius 2 is 1.87 bits per heavy atom. The molecular formula is C14H27N. The Hall–Kier alpha value is -0.300. The first-order valence-corrected chi connectivity index (χ1v) is 6.61. The molecule has 0 bridgehead atoms. The van der Waals surface area contributed by atoms with E-state index in [1.807, 2.05) is 0 Å². The summed E-state index contributed by atoms with van der Waals surface area (Å²) in [6.07, 6.45) is 9.77. The van der Waals surface area contributed by atoms with E-state index >= 15 is 0 Å². The lowest BCUT2D eigenvalue weighted by atomic mass is 9.88. The van der Waals surface area contributed by atoms with Crippen molar-refractivity contribution in [3.05, 3.63) is 12.2 Å². The van der Waals surface area contributed by atoms with Gasteiger partial charge in [0.05, 0.1) is 0 Å². The maximum absolute atomic E-state index is 4.06. The third-order valence-electron chi connectivity index (χ3n) is 3.50. The van der Waals surface area contributed by atoms with Crippen LogP contribution in [0.3, 0.4) is 0 Å². The first-order valence-electron chi connectivity index (χ1n) is 6.61. The lowest BCUT2D eigenvalue weighted by Gasteiger charge is -2.27. The summed E-state index contributed by atoms with van der Waals surface area (Å²) in [5.74, 6) is 0.893. The Morgan fingerprint density at radius 1 is 1.27 bits per heavy atom. The van der Waals surface area contributed by atoms with Gasteiger partial charge in [0.1, 0.15) is 0 Å². The largest absolute Gasteiger partial charge is 0.314 e. The first kappa shape index (κ1) is 12.8. The zero-order valence-electron chi connectivity index (χ0n) is 10.5. The van der Waals surface area contributed by atoms with Gasteiger partial charge in [0.25, 0.3) is 0 Å². The molecule has 1 heteroatoms. The fourth-order valence-corrected chi connectivity index (χ4v) is 2.76. The van der Waals surface area contributed by atoms with Crippen molar-refractivity contribution in [2.45, 2.75) is 64.8 Å². The van der Waals surface area contributed by atoms with Gasteiger partial charge >= 0.3 is 0 Å². The minimum Gasteiger partial charge on any atom is -0.314 e. The molecule has 1 aliphatic carbocycles. The fourth-order valence-electron chi connectivity index (χ4n) is 2.76. The summed E-state index contributed by atoms with van der Waals surface area (Å²) >= 11 is 0. The van der Waals surface area contributed by atoms with Crippen molar-refractivity contribution in [3.63, 3.8) is 0 Å². The molecule has 0 amide bonds. The number of rotatable bonds is 5. The molecule has 0 aromatic heterocycles. The van der Waals surface area contributed by atoms with Gasteiger partial charge in [-0.15, -0.1) is 6.58 Å². The van der Waals surface area contributed by atoms with Gasteiger partial charge in [-0.25, -0.2) is 0 Å². The lowest BCUT2D eigenvalue weighted by molar-refractivity contribution is 0.321. The Labute approximate surface area is 95.3 Å². The van der Waals surface area contributed by atoms with E-state index in [0.29, 0.717) is 6.04 Å². The van der Waals surface area contributed by atoms with Crippen molar-refractivity contribution >= 4 is 0 Å². The van der Waals surface area contributed by atoms with E-state index in [4.69, 9.17) is 0 Å². The van der Waals surface area contributed by atoms with Crippen LogP contribution in [-0.4, -0.2) is 12.6 Å². The van der Waals surface area contributed by atoms with Gasteiger partial charge in [-0.3, -0.25) is 0 Å². The standard InChI is InChI=1S/C14H27N/c1-4-15-14(11-12(2)3)13-9-7-5-6-8-10-13/h13-15H,2,4-11H2,1,3H3. The average Bonchev–Trinajstić information content (AvgIpc) is 2.44. The van der Waals surface area contributed by atoms with Crippen LogP contribution in [0.4, 0.5) is 0 Å². The Kier molecular flexibility index (Phi) is 6.00. The van der Waals surface area contributed by atoms with Crippen LogP contribution in [0.5, 0.6) is 0 Å². The van der Waals surface area contributed by atoms with E-state index in [2.05, 4.69) is 25.7 Å². The van der Waals surface area contributed by atoms with Crippen molar-refractivity contribution in [1.82, 2.24) is 5.32 Å². The highest BCUT2D eigenvalue weighted by Crippen LogP contribution is 2.27. The molecule has 1 nitrogen and oxygen atoms in total. The van der Waals surface area contributed by atoms with Crippen LogP contribution < -0.4 is 5.32 Å². The molecule has 1 rings (SSSR count). The third-order valence-corrected chi connectivity index (χ3v) is 3.50. The molecule has 0 saturated heterocycles. The van der Waals surface area contributed by atoms with Gasteiger partial charge in [0.15, 0.2) is 0 Å². The zero-order chi connectivity index (χ0) is 11.1. The summed E-state index contributed by atoms with van der Waals surface area (Å²) in [5.41, 5.74) is 1.32. The molecule has 1 unspecified atom stereocenters. The van der Waals surface area contributed by atoms with Gasteiger partial charge in [0.2, 0.25) is 0 Å². The van der Waals surface area contributed by atoms with Crippen molar-refractivity contribution in [2.24, 2.45) is 5.92 Å². The molecule has 15 heavy (non-hydrogen) atoms. The quantitative estimate of drug-likeness (QED) is 0.535. The topological polar surface area (TPSA) is 12.0 Å². The summed E-state index contributed by atoms with van der Waals surface area (Å²) in [4.78, 5) is 0. The molecule has 1 N–H and O–H groups in total. The zero-order valence-corrected chi connectivity index (χ0v) is 10.5. The molecule has 0 radical (unpaired) electrons. The van der Waals surface area contributed by atoms with Crippen molar-refractivity contribution in [2.75, 3.05) is 6.54 Å². The van der Waals surface area contributed by atoms with Crippen molar-refractivity contribution in [1.29, 1.82) is 0 Å². The molecule has 1 fully saturated rings. The van der Waals surface area contributed by atoms with Crippen LogP contribution in [0.1, 0.15) is 58.8 Å². The molecule has 0 aromatic rings. The molecule has 1 aliphatic rings. The average molecular weight is 209 g/mol. The van der Waals surface area contributed by atoms with E-state index in [9.17, 15) is 0 Å². The monoisotopic (exact) mass is 209 g/mol. The van der Waals surface area contributed by atoms with Crippen LogP contribution in [0, 0.1) is 5.92 Å². The van der Waals surface area contributed by atoms with Crippen LogP contribution in [0.15, 0.2) is 12.2 Å². The molecule has 0 spiro atoms. The number of nitrogens with one attached hydrogen (secondary N) is 1. The SMILES string of the molecule is C=C(C)CC(NCC)C1CCCCCC1. The summed E-state index contributed by atoms with van der Waals surface area (Å²) in [7, 11) is 0. The molecule has 0 aliphatic heterocycles. The molecular weight excluding hydrogens is 182 g/mol. The first-order chi connectivity index (χ1) is 7.24. The Morgan fingerprint density at radius 3 is 2.33 bits per heavy atom. The number of hydrogen-bond donors (Lipinski definition) is 1. The van der Waals surface area contributed by atoms with Gasteiger partial charge in [0, 0.05) is 6.04 Å². The summed E-state index contributed by atoms with van der Waals surface area (Å²) in [5, 5.41) is 3.65. The predicted octanol–water partition coefficient (Wildman–Crippen LogP) is 3.90. The highest BCUT2D eigenvalue weighted by molar-refractivity contribution is 4.95. The molecule has 88 valence electrons. The van der Waals surface area contributed by atoms with E-state index in [0.717, 1.165) is 12.5 Å². The molecule has 1 atom stereocenters. The number of hydrogen-bond acceptors (Lipinski definition) is 1. The second-order valence-corrected chi connectivity index (χ2v) is 5.08. The Balaban J connectivity index is 2.47. The van der Waals surface area contributed by atoms with E-state index in [1.165, 1.54) is 50.5 Å². The minimum absolute atomic E-state index is 0.686. The molecule has 0 aromatic carbocycles. The summed E-state index contributed by atoms with van der Waals surface area (Å²) in [6.45, 7) is 9.51. The second-order valence-electron chi connectivity index (χ2n) is 5.08. The van der Waals surface area contributed by atoms with Crippen LogP contribution in [0.25, 0.3) is 0 Å². The van der Waals surface area contributed by atoms with Gasteiger partial charge in [-0.1, -0.05) is 38.2 Å². The van der Waals surface area contributed by atoms with Gasteiger partial charge < -0.3 is 5.32 Å². The highest BCUT2D eigenvalue weighted by Gasteiger charge is 2.21. The van der Waals surface area contributed by atoms with E-state index in [-0.39, 0.29) is 0 Å². The second kappa shape index (κ2) is 7.05. The van der Waals surface area contributed by atoms with Gasteiger partial charge in [-0.05, 0) is 38.6 Å². The third kappa shape index (κ3) is 4.83. The van der Waals surface area contributed by atoms with Crippen molar-refractivity contribution in [3.8, 4) is 0 Å². The Bertz CT molecular complexity index is 178. The van der Waals surface area contributed by atoms with E-state index < -0.39 is 0 Å². The smallest absolute Gasteiger partial charge is 0.0132 e. The maximum atomic E-state index is 4.06. The van der Waals surface area contributed by atoms with Crippen LogP contribution in [-0.2, 0) is 0 Å². The predicted molar refractivity (Wildman–Crippen MR) is 68.1 cm³/mol.